The van der Waals surface area contributed by atoms with Crippen molar-refractivity contribution in [3.8, 4) is 0 Å². The average molecular weight is 366 g/mol. The molecule has 0 bridgehead atoms. The van der Waals surface area contributed by atoms with Crippen molar-refractivity contribution in [2.75, 3.05) is 11.1 Å². The minimum absolute atomic E-state index is 0.263. The Bertz CT molecular complexity index is 894. The number of hydrogen-bond acceptors (Lipinski definition) is 4. The largest absolute Gasteiger partial charge is 0.399 e. The molecule has 2 aromatic carbocycles. The van der Waals surface area contributed by atoms with Crippen LogP contribution in [0, 0.1) is 0 Å². The SMILES string of the molecule is Nc1ccc2nc(Nc3cc(Br)ccc3Cl)[nH]c(=O)c2c1. The third-order valence-electron chi connectivity index (χ3n) is 2.91. The van der Waals surface area contributed by atoms with Gasteiger partial charge in [-0.2, -0.15) is 0 Å². The summed E-state index contributed by atoms with van der Waals surface area (Å²) in [5.74, 6) is 0.317. The zero-order chi connectivity index (χ0) is 15.0. The van der Waals surface area contributed by atoms with E-state index in [4.69, 9.17) is 17.3 Å². The van der Waals surface area contributed by atoms with Crippen LogP contribution in [0.5, 0.6) is 0 Å². The molecule has 0 aliphatic carbocycles. The number of H-pyrrole nitrogens is 1. The fraction of sp³-hybridized carbons (Fsp3) is 0. The number of nitrogens with zero attached hydrogens (tertiary/aromatic N) is 1. The van der Waals surface area contributed by atoms with Gasteiger partial charge in [-0.15, -0.1) is 0 Å². The van der Waals surface area contributed by atoms with Crippen molar-refractivity contribution in [3.63, 3.8) is 0 Å². The molecule has 21 heavy (non-hydrogen) atoms. The number of hydrogen-bond donors (Lipinski definition) is 3. The van der Waals surface area contributed by atoms with Crippen molar-refractivity contribution in [2.24, 2.45) is 0 Å². The molecule has 3 rings (SSSR count). The first-order valence-electron chi connectivity index (χ1n) is 6.04. The van der Waals surface area contributed by atoms with Crippen molar-refractivity contribution in [2.45, 2.75) is 0 Å². The molecule has 0 aliphatic rings. The zero-order valence-corrected chi connectivity index (χ0v) is 13.0. The van der Waals surface area contributed by atoms with Gasteiger partial charge in [0.25, 0.3) is 5.56 Å². The number of aromatic nitrogens is 2. The van der Waals surface area contributed by atoms with Gasteiger partial charge >= 0.3 is 0 Å². The second-order valence-electron chi connectivity index (χ2n) is 4.44. The molecule has 0 amide bonds. The highest BCUT2D eigenvalue weighted by Gasteiger charge is 2.07. The van der Waals surface area contributed by atoms with E-state index in [1.165, 1.54) is 0 Å². The van der Waals surface area contributed by atoms with E-state index in [1.54, 1.807) is 30.3 Å². The first-order chi connectivity index (χ1) is 10.0. The molecule has 7 heteroatoms. The van der Waals surface area contributed by atoms with Crippen molar-refractivity contribution < 1.29 is 0 Å². The zero-order valence-electron chi connectivity index (χ0n) is 10.7. The van der Waals surface area contributed by atoms with Gasteiger partial charge in [0.2, 0.25) is 5.95 Å². The lowest BCUT2D eigenvalue weighted by atomic mass is 10.2. The normalized spacial score (nSPS) is 10.8. The number of nitrogens with one attached hydrogen (secondary N) is 2. The summed E-state index contributed by atoms with van der Waals surface area (Å²) in [6.45, 7) is 0. The van der Waals surface area contributed by atoms with E-state index in [0.717, 1.165) is 4.47 Å². The maximum Gasteiger partial charge on any atom is 0.260 e. The maximum absolute atomic E-state index is 12.1. The molecular formula is C14H10BrClN4O. The summed E-state index contributed by atoms with van der Waals surface area (Å²) in [7, 11) is 0. The smallest absolute Gasteiger partial charge is 0.260 e. The Kier molecular flexibility index (Phi) is 3.57. The highest BCUT2D eigenvalue weighted by Crippen LogP contribution is 2.27. The molecule has 0 fully saturated rings. The Morgan fingerprint density at radius 3 is 2.86 bits per heavy atom. The fourth-order valence-corrected chi connectivity index (χ4v) is 2.46. The van der Waals surface area contributed by atoms with E-state index in [1.807, 2.05) is 6.07 Å². The monoisotopic (exact) mass is 364 g/mol. The molecule has 0 aliphatic heterocycles. The van der Waals surface area contributed by atoms with Crippen LogP contribution >= 0.6 is 27.5 Å². The number of rotatable bonds is 2. The van der Waals surface area contributed by atoms with Crippen LogP contribution in [0.25, 0.3) is 10.9 Å². The van der Waals surface area contributed by atoms with E-state index >= 15 is 0 Å². The Balaban J connectivity index is 2.07. The summed E-state index contributed by atoms with van der Waals surface area (Å²) in [5, 5.41) is 3.97. The van der Waals surface area contributed by atoms with Crippen molar-refractivity contribution in [1.82, 2.24) is 9.97 Å². The van der Waals surface area contributed by atoms with E-state index in [-0.39, 0.29) is 5.56 Å². The van der Waals surface area contributed by atoms with Crippen LogP contribution in [0.2, 0.25) is 5.02 Å². The van der Waals surface area contributed by atoms with Gasteiger partial charge in [0.05, 0.1) is 21.6 Å². The second-order valence-corrected chi connectivity index (χ2v) is 5.76. The number of benzene rings is 2. The predicted octanol–water partition coefficient (Wildman–Crippen LogP) is 3.66. The van der Waals surface area contributed by atoms with Crippen LogP contribution < -0.4 is 16.6 Å². The molecule has 1 heterocycles. The van der Waals surface area contributed by atoms with Gasteiger partial charge in [0, 0.05) is 10.2 Å². The molecule has 0 unspecified atom stereocenters. The molecule has 0 radical (unpaired) electrons. The second kappa shape index (κ2) is 5.38. The molecular weight excluding hydrogens is 356 g/mol. The summed E-state index contributed by atoms with van der Waals surface area (Å²) in [6, 6.07) is 10.4. The Labute approximate surface area is 133 Å². The Hall–Kier alpha value is -2.05. The first kappa shape index (κ1) is 13.9. The van der Waals surface area contributed by atoms with Crippen molar-refractivity contribution >= 4 is 55.8 Å². The molecule has 3 aromatic rings. The lowest BCUT2D eigenvalue weighted by molar-refractivity contribution is 1.17. The molecule has 1 aromatic heterocycles. The standard InChI is InChI=1S/C14H10BrClN4O/c15-7-1-3-10(16)12(5-7)19-14-18-11-4-2-8(17)6-9(11)13(21)20-14/h1-6H,17H2,(H2,18,19,20,21). The van der Waals surface area contributed by atoms with Crippen molar-refractivity contribution in [3.05, 3.63) is 56.2 Å². The molecule has 0 spiro atoms. The van der Waals surface area contributed by atoms with Crippen LogP contribution in [0.1, 0.15) is 0 Å². The third-order valence-corrected chi connectivity index (χ3v) is 3.73. The van der Waals surface area contributed by atoms with E-state index in [9.17, 15) is 4.79 Å². The van der Waals surface area contributed by atoms with Crippen LogP contribution in [0.15, 0.2) is 45.7 Å². The summed E-state index contributed by atoms with van der Waals surface area (Å²) in [6.07, 6.45) is 0. The topological polar surface area (TPSA) is 83.8 Å². The lowest BCUT2D eigenvalue weighted by Crippen LogP contribution is -2.11. The van der Waals surface area contributed by atoms with Gasteiger partial charge in [0.1, 0.15) is 0 Å². The molecule has 0 atom stereocenters. The average Bonchev–Trinajstić information content (AvgIpc) is 2.44. The predicted molar refractivity (Wildman–Crippen MR) is 89.2 cm³/mol. The lowest BCUT2D eigenvalue weighted by Gasteiger charge is -2.08. The van der Waals surface area contributed by atoms with E-state index in [2.05, 4.69) is 31.2 Å². The summed E-state index contributed by atoms with van der Waals surface area (Å²) in [5.41, 5.74) is 7.13. The first-order valence-corrected chi connectivity index (χ1v) is 7.22. The molecule has 4 N–H and O–H groups in total. The molecule has 5 nitrogen and oxygen atoms in total. The van der Waals surface area contributed by atoms with Crippen LogP contribution in [-0.4, -0.2) is 9.97 Å². The highest BCUT2D eigenvalue weighted by molar-refractivity contribution is 9.10. The third kappa shape index (κ3) is 2.86. The number of nitrogens with two attached hydrogens (primary N) is 1. The molecule has 106 valence electrons. The van der Waals surface area contributed by atoms with Gasteiger partial charge in [0.15, 0.2) is 0 Å². The Morgan fingerprint density at radius 2 is 2.05 bits per heavy atom. The number of anilines is 3. The number of nitrogen functional groups attached to an aromatic ring is 1. The summed E-state index contributed by atoms with van der Waals surface area (Å²) >= 11 is 9.47. The van der Waals surface area contributed by atoms with Crippen LogP contribution in [0.3, 0.4) is 0 Å². The van der Waals surface area contributed by atoms with E-state index in [0.29, 0.717) is 33.2 Å². The van der Waals surface area contributed by atoms with Gasteiger partial charge in [-0.1, -0.05) is 27.5 Å². The molecule has 0 saturated carbocycles. The highest BCUT2D eigenvalue weighted by atomic mass is 79.9. The fourth-order valence-electron chi connectivity index (χ4n) is 1.94. The summed E-state index contributed by atoms with van der Waals surface area (Å²) < 4.78 is 0.866. The number of fused-ring (bicyclic) bond motifs is 1. The number of halogens is 2. The van der Waals surface area contributed by atoms with E-state index < -0.39 is 0 Å². The van der Waals surface area contributed by atoms with Crippen molar-refractivity contribution in [1.29, 1.82) is 0 Å². The maximum atomic E-state index is 12.1. The minimum atomic E-state index is -0.263. The van der Waals surface area contributed by atoms with Crippen LogP contribution in [-0.2, 0) is 0 Å². The van der Waals surface area contributed by atoms with Gasteiger partial charge in [-0.25, -0.2) is 4.98 Å². The molecule has 0 saturated heterocycles. The van der Waals surface area contributed by atoms with Crippen LogP contribution in [0.4, 0.5) is 17.3 Å². The Morgan fingerprint density at radius 1 is 1.24 bits per heavy atom. The van der Waals surface area contributed by atoms with Gasteiger partial charge < -0.3 is 11.1 Å². The minimum Gasteiger partial charge on any atom is -0.399 e. The van der Waals surface area contributed by atoms with Gasteiger partial charge in [-0.05, 0) is 36.4 Å². The number of aromatic amines is 1. The van der Waals surface area contributed by atoms with Gasteiger partial charge in [-0.3, -0.25) is 9.78 Å². The summed E-state index contributed by atoms with van der Waals surface area (Å²) in [4.78, 5) is 19.1. The quantitative estimate of drug-likeness (QED) is 0.605.